The van der Waals surface area contributed by atoms with E-state index in [4.69, 9.17) is 9.47 Å². The molecule has 0 aromatic rings. The van der Waals surface area contributed by atoms with Gasteiger partial charge in [0.25, 0.3) is 0 Å². The van der Waals surface area contributed by atoms with Gasteiger partial charge in [0.15, 0.2) is 5.41 Å². The van der Waals surface area contributed by atoms with E-state index in [1.165, 1.54) is 0 Å². The number of hydrogen-bond acceptors (Lipinski definition) is 4. The minimum Gasteiger partial charge on any atom is -0.465 e. The molecule has 110 valence electrons. The number of esters is 2. The van der Waals surface area contributed by atoms with Crippen molar-refractivity contribution in [2.45, 2.75) is 48.0 Å². The summed E-state index contributed by atoms with van der Waals surface area (Å²) in [5.41, 5.74) is -0.192. The standard InChI is InChI=1S/C15H26O4/c1-7-18-13(16)15(12(5)6,10-9-11(3)4)14(17)19-8-2/h9,12H,7-8,10H2,1-6H3. The molecular weight excluding hydrogens is 244 g/mol. The molecule has 0 N–H and O–H groups in total. The molecule has 0 radical (unpaired) electrons. The summed E-state index contributed by atoms with van der Waals surface area (Å²) in [7, 11) is 0. The highest BCUT2D eigenvalue weighted by Crippen LogP contribution is 2.36. The molecule has 0 heterocycles. The second-order valence-corrected chi connectivity index (χ2v) is 5.05. The van der Waals surface area contributed by atoms with Gasteiger partial charge in [0.2, 0.25) is 0 Å². The van der Waals surface area contributed by atoms with Crippen LogP contribution in [0.2, 0.25) is 0 Å². The highest BCUT2D eigenvalue weighted by atomic mass is 16.6. The highest BCUT2D eigenvalue weighted by Gasteiger charge is 2.50. The molecule has 0 saturated carbocycles. The van der Waals surface area contributed by atoms with Crippen LogP contribution in [0.4, 0.5) is 0 Å². The zero-order chi connectivity index (χ0) is 15.1. The van der Waals surface area contributed by atoms with Crippen LogP contribution in [-0.2, 0) is 19.1 Å². The molecule has 0 unspecified atom stereocenters. The van der Waals surface area contributed by atoms with E-state index in [2.05, 4.69) is 0 Å². The first-order valence-electron chi connectivity index (χ1n) is 6.80. The zero-order valence-electron chi connectivity index (χ0n) is 12.9. The normalized spacial score (nSPS) is 11.1. The molecule has 0 aromatic heterocycles. The van der Waals surface area contributed by atoms with E-state index in [0.717, 1.165) is 5.57 Å². The van der Waals surface area contributed by atoms with Crippen LogP contribution in [0.3, 0.4) is 0 Å². The lowest BCUT2D eigenvalue weighted by Gasteiger charge is -2.31. The molecule has 0 rings (SSSR count). The van der Waals surface area contributed by atoms with Gasteiger partial charge in [0.05, 0.1) is 13.2 Å². The molecule has 4 heteroatoms. The molecule has 0 spiro atoms. The van der Waals surface area contributed by atoms with Gasteiger partial charge in [-0.3, -0.25) is 9.59 Å². The molecular formula is C15H26O4. The van der Waals surface area contributed by atoms with E-state index in [-0.39, 0.29) is 19.1 Å². The Kier molecular flexibility index (Phi) is 7.42. The third-order valence-electron chi connectivity index (χ3n) is 3.10. The Hall–Kier alpha value is -1.32. The maximum atomic E-state index is 12.3. The van der Waals surface area contributed by atoms with Crippen LogP contribution in [-0.4, -0.2) is 25.2 Å². The van der Waals surface area contributed by atoms with E-state index in [0.29, 0.717) is 6.42 Å². The molecule has 0 aromatic carbocycles. The summed E-state index contributed by atoms with van der Waals surface area (Å²) >= 11 is 0. The van der Waals surface area contributed by atoms with Crippen molar-refractivity contribution >= 4 is 11.9 Å². The molecule has 0 saturated heterocycles. The van der Waals surface area contributed by atoms with E-state index in [1.54, 1.807) is 13.8 Å². The Morgan fingerprint density at radius 1 is 1.05 bits per heavy atom. The van der Waals surface area contributed by atoms with Gasteiger partial charge in [-0.15, -0.1) is 0 Å². The maximum Gasteiger partial charge on any atom is 0.324 e. The third kappa shape index (κ3) is 4.37. The Bertz CT molecular complexity index is 320. The highest BCUT2D eigenvalue weighted by molar-refractivity contribution is 6.00. The molecule has 0 aliphatic rings. The van der Waals surface area contributed by atoms with Crippen molar-refractivity contribution < 1.29 is 19.1 Å². The van der Waals surface area contributed by atoms with Crippen LogP contribution in [0.25, 0.3) is 0 Å². The summed E-state index contributed by atoms with van der Waals surface area (Å²) in [6.07, 6.45) is 2.19. The maximum absolute atomic E-state index is 12.3. The van der Waals surface area contributed by atoms with Crippen molar-refractivity contribution in [2.75, 3.05) is 13.2 Å². The third-order valence-corrected chi connectivity index (χ3v) is 3.10. The van der Waals surface area contributed by atoms with Gasteiger partial charge in [-0.1, -0.05) is 25.5 Å². The molecule has 0 bridgehead atoms. The number of carbonyl (C=O) groups excluding carboxylic acids is 2. The second kappa shape index (κ2) is 7.97. The first-order valence-corrected chi connectivity index (χ1v) is 6.80. The lowest BCUT2D eigenvalue weighted by atomic mass is 9.74. The van der Waals surface area contributed by atoms with Crippen LogP contribution in [0.1, 0.15) is 48.0 Å². The van der Waals surface area contributed by atoms with E-state index < -0.39 is 17.4 Å². The number of hydrogen-bond donors (Lipinski definition) is 0. The molecule has 0 fully saturated rings. The van der Waals surface area contributed by atoms with Crippen LogP contribution in [0.15, 0.2) is 11.6 Å². The lowest BCUT2D eigenvalue weighted by Crippen LogP contribution is -2.46. The van der Waals surface area contributed by atoms with Crippen LogP contribution in [0.5, 0.6) is 0 Å². The van der Waals surface area contributed by atoms with Crippen LogP contribution in [0, 0.1) is 11.3 Å². The predicted molar refractivity (Wildman–Crippen MR) is 74.6 cm³/mol. The number of allylic oxidation sites excluding steroid dienone is 2. The summed E-state index contributed by atoms with van der Waals surface area (Å²) in [6.45, 7) is 11.5. The fourth-order valence-electron chi connectivity index (χ4n) is 1.84. The van der Waals surface area contributed by atoms with Gasteiger partial charge in [-0.05, 0) is 40.0 Å². The number of carbonyl (C=O) groups is 2. The summed E-state index contributed by atoms with van der Waals surface area (Å²) in [4.78, 5) is 24.6. The van der Waals surface area contributed by atoms with Crippen molar-refractivity contribution in [3.8, 4) is 0 Å². The van der Waals surface area contributed by atoms with Gasteiger partial charge in [-0.25, -0.2) is 0 Å². The summed E-state index contributed by atoms with van der Waals surface area (Å²) < 4.78 is 10.2. The minimum absolute atomic E-state index is 0.193. The Morgan fingerprint density at radius 2 is 1.47 bits per heavy atom. The largest absolute Gasteiger partial charge is 0.465 e. The van der Waals surface area contributed by atoms with Crippen LogP contribution >= 0.6 is 0 Å². The first kappa shape index (κ1) is 17.7. The summed E-state index contributed by atoms with van der Waals surface area (Å²) in [5.74, 6) is -1.19. The molecule has 19 heavy (non-hydrogen) atoms. The molecule has 0 amide bonds. The fourth-order valence-corrected chi connectivity index (χ4v) is 1.84. The van der Waals surface area contributed by atoms with E-state index in [9.17, 15) is 9.59 Å². The smallest absolute Gasteiger partial charge is 0.324 e. The van der Waals surface area contributed by atoms with E-state index >= 15 is 0 Å². The minimum atomic E-state index is -1.25. The molecule has 0 aliphatic carbocycles. The first-order chi connectivity index (χ1) is 8.82. The zero-order valence-corrected chi connectivity index (χ0v) is 12.9. The van der Waals surface area contributed by atoms with Crippen molar-refractivity contribution in [1.29, 1.82) is 0 Å². The van der Waals surface area contributed by atoms with Gasteiger partial charge in [-0.2, -0.15) is 0 Å². The predicted octanol–water partition coefficient (Wildman–Crippen LogP) is 3.11. The number of ether oxygens (including phenoxy) is 2. The Balaban J connectivity index is 5.53. The van der Waals surface area contributed by atoms with Gasteiger partial charge >= 0.3 is 11.9 Å². The van der Waals surface area contributed by atoms with Crippen molar-refractivity contribution in [3.63, 3.8) is 0 Å². The van der Waals surface area contributed by atoms with Crippen molar-refractivity contribution in [2.24, 2.45) is 11.3 Å². The topological polar surface area (TPSA) is 52.6 Å². The van der Waals surface area contributed by atoms with Gasteiger partial charge in [0, 0.05) is 0 Å². The SMILES string of the molecule is CCOC(=O)C(CC=C(C)C)(C(=O)OCC)C(C)C. The molecule has 0 atom stereocenters. The Labute approximate surface area is 116 Å². The van der Waals surface area contributed by atoms with Gasteiger partial charge in [0.1, 0.15) is 0 Å². The molecule has 4 nitrogen and oxygen atoms in total. The quantitative estimate of drug-likeness (QED) is 0.405. The van der Waals surface area contributed by atoms with Gasteiger partial charge < -0.3 is 9.47 Å². The Morgan fingerprint density at radius 3 is 1.74 bits per heavy atom. The molecule has 0 aliphatic heterocycles. The van der Waals surface area contributed by atoms with Crippen molar-refractivity contribution in [1.82, 2.24) is 0 Å². The monoisotopic (exact) mass is 270 g/mol. The summed E-state index contributed by atoms with van der Waals surface area (Å²) in [6, 6.07) is 0. The fraction of sp³-hybridized carbons (Fsp3) is 0.733. The lowest BCUT2D eigenvalue weighted by molar-refractivity contribution is -0.175. The average molecular weight is 270 g/mol. The average Bonchev–Trinajstić information content (AvgIpc) is 2.29. The summed E-state index contributed by atoms with van der Waals surface area (Å²) in [5, 5.41) is 0. The van der Waals surface area contributed by atoms with E-state index in [1.807, 2.05) is 33.8 Å². The second-order valence-electron chi connectivity index (χ2n) is 5.05. The number of rotatable bonds is 7. The van der Waals surface area contributed by atoms with Crippen LogP contribution < -0.4 is 0 Å². The van der Waals surface area contributed by atoms with Crippen molar-refractivity contribution in [3.05, 3.63) is 11.6 Å².